The van der Waals surface area contributed by atoms with Crippen LogP contribution in [0.5, 0.6) is 5.75 Å². The predicted molar refractivity (Wildman–Crippen MR) is 75.4 cm³/mol. The minimum Gasteiger partial charge on any atom is -0.488 e. The molecule has 21 heavy (non-hydrogen) atoms. The van der Waals surface area contributed by atoms with E-state index in [-0.39, 0.29) is 28.0 Å². The van der Waals surface area contributed by atoms with E-state index in [1.165, 1.54) is 19.1 Å². The van der Waals surface area contributed by atoms with E-state index in [9.17, 15) is 18.3 Å². The lowest BCUT2D eigenvalue weighted by atomic mass is 10.1. The fourth-order valence-electron chi connectivity index (χ4n) is 1.83. The van der Waals surface area contributed by atoms with Gasteiger partial charge in [0.05, 0.1) is 16.1 Å². The molecule has 1 atom stereocenters. The Morgan fingerprint density at radius 1 is 1.19 bits per heavy atom. The molecule has 2 nitrogen and oxygen atoms in total. The Labute approximate surface area is 128 Å². The van der Waals surface area contributed by atoms with E-state index in [0.29, 0.717) is 0 Å². The number of aliphatic hydroxyl groups excluding tert-OH is 1. The Balaban J connectivity index is 2.27. The third-order valence-electron chi connectivity index (χ3n) is 2.93. The van der Waals surface area contributed by atoms with Gasteiger partial charge in [-0.15, -0.1) is 0 Å². The fraction of sp³-hybridized carbons (Fsp3) is 0.200. The van der Waals surface area contributed by atoms with E-state index in [1.807, 2.05) is 0 Å². The number of aliphatic hydroxyl groups is 1. The first-order chi connectivity index (χ1) is 9.90. The maximum atomic E-state index is 13.8. The van der Waals surface area contributed by atoms with Crippen molar-refractivity contribution in [2.75, 3.05) is 0 Å². The Morgan fingerprint density at radius 2 is 1.90 bits per heavy atom. The molecule has 0 fully saturated rings. The summed E-state index contributed by atoms with van der Waals surface area (Å²) in [6.07, 6.45) is -0.965. The number of hydrogen-bond donors (Lipinski definition) is 1. The highest BCUT2D eigenvalue weighted by atomic mass is 79.9. The molecule has 0 aliphatic rings. The second kappa shape index (κ2) is 6.49. The molecule has 0 aliphatic carbocycles. The minimum absolute atomic E-state index is 0.123. The summed E-state index contributed by atoms with van der Waals surface area (Å²) in [6.45, 7) is 1.07. The van der Waals surface area contributed by atoms with Gasteiger partial charge in [-0.2, -0.15) is 0 Å². The Morgan fingerprint density at radius 3 is 2.57 bits per heavy atom. The van der Waals surface area contributed by atoms with Crippen molar-refractivity contribution < 1.29 is 23.0 Å². The summed E-state index contributed by atoms with van der Waals surface area (Å²) in [4.78, 5) is 0. The van der Waals surface area contributed by atoms with Gasteiger partial charge in [-0.25, -0.2) is 13.2 Å². The normalized spacial score (nSPS) is 12.3. The molecular formula is C15H12BrF3O2. The van der Waals surface area contributed by atoms with Crippen molar-refractivity contribution in [2.24, 2.45) is 0 Å². The highest BCUT2D eigenvalue weighted by molar-refractivity contribution is 9.10. The number of benzene rings is 2. The molecule has 0 unspecified atom stereocenters. The maximum Gasteiger partial charge on any atom is 0.146 e. The van der Waals surface area contributed by atoms with Crippen LogP contribution in [0.15, 0.2) is 34.8 Å². The third kappa shape index (κ3) is 3.57. The van der Waals surface area contributed by atoms with Crippen LogP contribution in [0.2, 0.25) is 0 Å². The molecule has 0 saturated carbocycles. The van der Waals surface area contributed by atoms with Crippen LogP contribution >= 0.6 is 15.9 Å². The first kappa shape index (κ1) is 15.9. The van der Waals surface area contributed by atoms with Gasteiger partial charge < -0.3 is 9.84 Å². The van der Waals surface area contributed by atoms with E-state index in [0.717, 1.165) is 18.2 Å². The summed E-state index contributed by atoms with van der Waals surface area (Å²) in [5.41, 5.74) is -0.0314. The van der Waals surface area contributed by atoms with Crippen molar-refractivity contribution >= 4 is 15.9 Å². The molecule has 2 rings (SSSR count). The van der Waals surface area contributed by atoms with Crippen LogP contribution in [0, 0.1) is 17.5 Å². The second-order valence-corrected chi connectivity index (χ2v) is 5.32. The monoisotopic (exact) mass is 360 g/mol. The maximum absolute atomic E-state index is 13.8. The van der Waals surface area contributed by atoms with Crippen LogP contribution in [-0.4, -0.2) is 5.11 Å². The molecule has 0 saturated heterocycles. The van der Waals surface area contributed by atoms with Crippen molar-refractivity contribution in [1.82, 2.24) is 0 Å². The Kier molecular flexibility index (Phi) is 4.90. The van der Waals surface area contributed by atoms with Gasteiger partial charge in [0.15, 0.2) is 0 Å². The molecule has 1 N–H and O–H groups in total. The Bertz CT molecular complexity index is 660. The summed E-state index contributed by atoms with van der Waals surface area (Å²) in [5, 5.41) is 9.58. The number of ether oxygens (including phenoxy) is 1. The van der Waals surface area contributed by atoms with Crippen LogP contribution < -0.4 is 4.74 Å². The molecule has 2 aromatic carbocycles. The lowest BCUT2D eigenvalue weighted by Crippen LogP contribution is -2.05. The standard InChI is InChI=1S/C15H12BrF3O2/c1-8(20)10-6-9(17)2-5-14(10)21-7-11-13(18)4-3-12(16)15(11)19/h2-6,8,20H,7H2,1H3/t8-/m0/s1. The first-order valence-corrected chi connectivity index (χ1v) is 6.92. The molecule has 0 radical (unpaired) electrons. The largest absolute Gasteiger partial charge is 0.488 e. The topological polar surface area (TPSA) is 29.5 Å². The van der Waals surface area contributed by atoms with Crippen LogP contribution in [-0.2, 0) is 6.61 Å². The summed E-state index contributed by atoms with van der Waals surface area (Å²) >= 11 is 2.97. The van der Waals surface area contributed by atoms with Gasteiger partial charge in [0.25, 0.3) is 0 Å². The van der Waals surface area contributed by atoms with E-state index < -0.39 is 23.6 Å². The predicted octanol–water partition coefficient (Wildman–Crippen LogP) is 4.50. The lowest BCUT2D eigenvalue weighted by molar-refractivity contribution is 0.189. The van der Waals surface area contributed by atoms with Crippen molar-refractivity contribution in [3.63, 3.8) is 0 Å². The van der Waals surface area contributed by atoms with E-state index in [1.54, 1.807) is 0 Å². The van der Waals surface area contributed by atoms with Gasteiger partial charge in [0.2, 0.25) is 0 Å². The summed E-state index contributed by atoms with van der Waals surface area (Å²) < 4.78 is 46.0. The summed E-state index contributed by atoms with van der Waals surface area (Å²) in [6, 6.07) is 5.95. The molecule has 0 aliphatic heterocycles. The highest BCUT2D eigenvalue weighted by Crippen LogP contribution is 2.28. The van der Waals surface area contributed by atoms with Gasteiger partial charge >= 0.3 is 0 Å². The molecule has 0 heterocycles. The summed E-state index contributed by atoms with van der Waals surface area (Å²) in [7, 11) is 0. The zero-order valence-corrected chi connectivity index (χ0v) is 12.6. The molecule has 6 heteroatoms. The number of hydrogen-bond acceptors (Lipinski definition) is 2. The zero-order valence-electron chi connectivity index (χ0n) is 11.0. The molecule has 0 aromatic heterocycles. The molecule has 2 aromatic rings. The average molecular weight is 361 g/mol. The SMILES string of the molecule is C[C@H](O)c1cc(F)ccc1OCc1c(F)ccc(Br)c1F. The zero-order chi connectivity index (χ0) is 15.6. The smallest absolute Gasteiger partial charge is 0.146 e. The van der Waals surface area contributed by atoms with Crippen molar-refractivity contribution in [3.05, 3.63) is 63.4 Å². The van der Waals surface area contributed by atoms with Crippen LogP contribution in [0.25, 0.3) is 0 Å². The molecular weight excluding hydrogens is 349 g/mol. The second-order valence-electron chi connectivity index (χ2n) is 4.47. The molecule has 0 amide bonds. The molecule has 0 spiro atoms. The van der Waals surface area contributed by atoms with Gasteiger partial charge in [-0.05, 0) is 53.2 Å². The number of rotatable bonds is 4. The van der Waals surface area contributed by atoms with E-state index in [2.05, 4.69) is 15.9 Å². The van der Waals surface area contributed by atoms with Gasteiger partial charge in [-0.1, -0.05) is 0 Å². The first-order valence-electron chi connectivity index (χ1n) is 6.13. The van der Waals surface area contributed by atoms with Crippen molar-refractivity contribution in [2.45, 2.75) is 19.6 Å². The lowest BCUT2D eigenvalue weighted by Gasteiger charge is -2.14. The minimum atomic E-state index is -0.965. The van der Waals surface area contributed by atoms with Gasteiger partial charge in [0.1, 0.15) is 29.8 Å². The van der Waals surface area contributed by atoms with Crippen molar-refractivity contribution in [1.29, 1.82) is 0 Å². The summed E-state index contributed by atoms with van der Waals surface area (Å²) in [5.74, 6) is -1.85. The van der Waals surface area contributed by atoms with Gasteiger partial charge in [-0.3, -0.25) is 0 Å². The third-order valence-corrected chi connectivity index (χ3v) is 3.55. The van der Waals surface area contributed by atoms with E-state index in [4.69, 9.17) is 4.74 Å². The fourth-order valence-corrected chi connectivity index (χ4v) is 2.20. The van der Waals surface area contributed by atoms with Crippen LogP contribution in [0.1, 0.15) is 24.2 Å². The van der Waals surface area contributed by atoms with Crippen LogP contribution in [0.3, 0.4) is 0 Å². The van der Waals surface area contributed by atoms with Gasteiger partial charge in [0, 0.05) is 5.56 Å². The van der Waals surface area contributed by atoms with E-state index >= 15 is 0 Å². The quantitative estimate of drug-likeness (QED) is 0.813. The highest BCUT2D eigenvalue weighted by Gasteiger charge is 2.15. The molecule has 112 valence electrons. The average Bonchev–Trinajstić information content (AvgIpc) is 2.44. The molecule has 0 bridgehead atoms. The van der Waals surface area contributed by atoms with Crippen LogP contribution in [0.4, 0.5) is 13.2 Å². The van der Waals surface area contributed by atoms with Crippen molar-refractivity contribution in [3.8, 4) is 5.75 Å². The number of halogens is 4. The Hall–Kier alpha value is -1.53.